The van der Waals surface area contributed by atoms with Crippen LogP contribution in [0.1, 0.15) is 22.8 Å². The number of aromatic nitrogens is 2. The van der Waals surface area contributed by atoms with Crippen LogP contribution in [0.4, 0.5) is 11.4 Å². The molecule has 0 aliphatic carbocycles. The molecule has 0 saturated heterocycles. The SMILES string of the molecule is CC(=O)Nc1ccc(C)c(NC(=O)c2ccc3c(=O)[nH]c(=S)[nH]c3c2)c1. The molecule has 132 valence electrons. The molecule has 0 fully saturated rings. The third kappa shape index (κ3) is 3.70. The summed E-state index contributed by atoms with van der Waals surface area (Å²) in [5.74, 6) is -0.532. The Morgan fingerprint density at radius 2 is 1.81 bits per heavy atom. The van der Waals surface area contributed by atoms with Gasteiger partial charge in [-0.15, -0.1) is 0 Å². The number of H-pyrrole nitrogens is 2. The van der Waals surface area contributed by atoms with E-state index in [0.29, 0.717) is 27.8 Å². The molecule has 1 aromatic heterocycles. The number of carbonyl (C=O) groups excluding carboxylic acids is 2. The highest BCUT2D eigenvalue weighted by atomic mass is 32.1. The minimum absolute atomic E-state index is 0.193. The summed E-state index contributed by atoms with van der Waals surface area (Å²) >= 11 is 4.96. The van der Waals surface area contributed by atoms with Gasteiger partial charge in [-0.25, -0.2) is 0 Å². The monoisotopic (exact) mass is 368 g/mol. The van der Waals surface area contributed by atoms with E-state index in [1.165, 1.54) is 6.92 Å². The molecule has 0 spiro atoms. The molecule has 1 heterocycles. The average molecular weight is 368 g/mol. The van der Waals surface area contributed by atoms with Crippen LogP contribution in [0, 0.1) is 11.7 Å². The van der Waals surface area contributed by atoms with E-state index in [9.17, 15) is 14.4 Å². The number of hydrogen-bond acceptors (Lipinski definition) is 4. The van der Waals surface area contributed by atoms with Crippen LogP contribution < -0.4 is 16.2 Å². The number of nitrogens with one attached hydrogen (secondary N) is 4. The van der Waals surface area contributed by atoms with Crippen LogP contribution in [-0.4, -0.2) is 21.8 Å². The Morgan fingerprint density at radius 1 is 1.04 bits per heavy atom. The van der Waals surface area contributed by atoms with Gasteiger partial charge in [0.15, 0.2) is 4.77 Å². The van der Waals surface area contributed by atoms with Gasteiger partial charge < -0.3 is 15.6 Å². The molecule has 8 heteroatoms. The van der Waals surface area contributed by atoms with Crippen LogP contribution >= 0.6 is 12.2 Å². The van der Waals surface area contributed by atoms with E-state index < -0.39 is 0 Å². The summed E-state index contributed by atoms with van der Waals surface area (Å²) < 4.78 is 0.193. The summed E-state index contributed by atoms with van der Waals surface area (Å²) in [6, 6.07) is 9.95. The zero-order valence-corrected chi connectivity index (χ0v) is 14.9. The van der Waals surface area contributed by atoms with Crippen LogP contribution in [0.2, 0.25) is 0 Å². The summed E-state index contributed by atoms with van der Waals surface area (Å²) in [6.45, 7) is 3.27. The summed E-state index contributed by atoms with van der Waals surface area (Å²) in [4.78, 5) is 41.0. The van der Waals surface area contributed by atoms with Gasteiger partial charge in [-0.05, 0) is 55.0 Å². The topological polar surface area (TPSA) is 107 Å². The fraction of sp³-hybridized carbons (Fsp3) is 0.111. The van der Waals surface area contributed by atoms with E-state index in [-0.39, 0.29) is 22.1 Å². The summed E-state index contributed by atoms with van der Waals surface area (Å²) in [6.07, 6.45) is 0. The number of aromatic amines is 2. The minimum atomic E-state index is -0.338. The van der Waals surface area contributed by atoms with Crippen molar-refractivity contribution in [1.82, 2.24) is 9.97 Å². The number of amides is 2. The lowest BCUT2D eigenvalue weighted by molar-refractivity contribution is -0.114. The number of hydrogen-bond donors (Lipinski definition) is 4. The average Bonchev–Trinajstić information content (AvgIpc) is 2.56. The van der Waals surface area contributed by atoms with Gasteiger partial charge >= 0.3 is 0 Å². The molecule has 0 saturated carbocycles. The van der Waals surface area contributed by atoms with Gasteiger partial charge in [0.2, 0.25) is 5.91 Å². The molecular formula is C18H16N4O3S. The van der Waals surface area contributed by atoms with Crippen molar-refractivity contribution in [3.8, 4) is 0 Å². The Balaban J connectivity index is 1.93. The second-order valence-corrected chi connectivity index (χ2v) is 6.24. The quantitative estimate of drug-likeness (QED) is 0.533. The number of rotatable bonds is 3. The maximum atomic E-state index is 12.6. The number of fused-ring (bicyclic) bond motifs is 1. The highest BCUT2D eigenvalue weighted by molar-refractivity contribution is 7.71. The standard InChI is InChI=1S/C18H16N4O3S/c1-9-3-5-12(19-10(2)23)8-14(9)20-16(24)11-4-6-13-15(7-11)21-18(26)22-17(13)25/h3-8H,1-2H3,(H,19,23)(H,20,24)(H2,21,22,25,26). The molecule has 0 aliphatic heterocycles. The fourth-order valence-electron chi connectivity index (χ4n) is 2.54. The van der Waals surface area contributed by atoms with E-state index in [2.05, 4.69) is 20.6 Å². The fourth-order valence-corrected chi connectivity index (χ4v) is 2.75. The molecule has 3 aromatic rings. The maximum absolute atomic E-state index is 12.6. The largest absolute Gasteiger partial charge is 0.332 e. The Labute approximate surface area is 153 Å². The smallest absolute Gasteiger partial charge is 0.259 e. The lowest BCUT2D eigenvalue weighted by atomic mass is 10.1. The van der Waals surface area contributed by atoms with Gasteiger partial charge in [-0.1, -0.05) is 6.07 Å². The third-order valence-electron chi connectivity index (χ3n) is 3.81. The van der Waals surface area contributed by atoms with Crippen molar-refractivity contribution in [2.24, 2.45) is 0 Å². The normalized spacial score (nSPS) is 10.5. The predicted molar refractivity (Wildman–Crippen MR) is 103 cm³/mol. The summed E-state index contributed by atoms with van der Waals surface area (Å²) in [7, 11) is 0. The number of aryl methyl sites for hydroxylation is 1. The Morgan fingerprint density at radius 3 is 2.54 bits per heavy atom. The summed E-state index contributed by atoms with van der Waals surface area (Å²) in [5.41, 5.74) is 2.57. The first-order valence-corrected chi connectivity index (χ1v) is 8.20. The lowest BCUT2D eigenvalue weighted by Crippen LogP contribution is -2.14. The molecule has 7 nitrogen and oxygen atoms in total. The Bertz CT molecular complexity index is 1150. The van der Waals surface area contributed by atoms with Crippen molar-refractivity contribution in [1.29, 1.82) is 0 Å². The highest BCUT2D eigenvalue weighted by Gasteiger charge is 2.11. The van der Waals surface area contributed by atoms with Crippen molar-refractivity contribution in [2.75, 3.05) is 10.6 Å². The molecule has 0 radical (unpaired) electrons. The molecule has 0 atom stereocenters. The van der Waals surface area contributed by atoms with Gasteiger partial charge in [0.1, 0.15) is 0 Å². The Hall–Kier alpha value is -3.26. The van der Waals surface area contributed by atoms with Crippen LogP contribution in [0.5, 0.6) is 0 Å². The maximum Gasteiger partial charge on any atom is 0.259 e. The first kappa shape index (κ1) is 17.6. The van der Waals surface area contributed by atoms with Crippen molar-refractivity contribution in [3.05, 3.63) is 62.6 Å². The zero-order valence-electron chi connectivity index (χ0n) is 14.1. The van der Waals surface area contributed by atoms with Crippen molar-refractivity contribution < 1.29 is 9.59 Å². The molecule has 4 N–H and O–H groups in total. The van der Waals surface area contributed by atoms with Gasteiger partial charge in [0.25, 0.3) is 11.5 Å². The molecular weight excluding hydrogens is 352 g/mol. The molecule has 3 rings (SSSR count). The molecule has 0 unspecified atom stereocenters. The van der Waals surface area contributed by atoms with E-state index in [1.807, 2.05) is 6.92 Å². The van der Waals surface area contributed by atoms with Crippen molar-refractivity contribution in [2.45, 2.75) is 13.8 Å². The van der Waals surface area contributed by atoms with Gasteiger partial charge in [0, 0.05) is 23.9 Å². The zero-order chi connectivity index (χ0) is 18.8. The van der Waals surface area contributed by atoms with Crippen molar-refractivity contribution >= 4 is 46.3 Å². The van der Waals surface area contributed by atoms with E-state index in [1.54, 1.807) is 36.4 Å². The van der Waals surface area contributed by atoms with E-state index in [4.69, 9.17) is 12.2 Å². The second kappa shape index (κ2) is 6.93. The molecule has 26 heavy (non-hydrogen) atoms. The van der Waals surface area contributed by atoms with Gasteiger partial charge in [0.05, 0.1) is 10.9 Å². The number of benzene rings is 2. The third-order valence-corrected chi connectivity index (χ3v) is 4.01. The van der Waals surface area contributed by atoms with Gasteiger partial charge in [-0.3, -0.25) is 19.4 Å². The Kier molecular flexibility index (Phi) is 4.68. The molecule has 2 amide bonds. The molecule has 0 bridgehead atoms. The van der Waals surface area contributed by atoms with Crippen LogP contribution in [0.25, 0.3) is 10.9 Å². The van der Waals surface area contributed by atoms with Crippen LogP contribution in [0.15, 0.2) is 41.2 Å². The van der Waals surface area contributed by atoms with E-state index >= 15 is 0 Å². The predicted octanol–water partition coefficient (Wildman–Crippen LogP) is 3.10. The van der Waals surface area contributed by atoms with Crippen LogP contribution in [-0.2, 0) is 4.79 Å². The van der Waals surface area contributed by atoms with Crippen LogP contribution in [0.3, 0.4) is 0 Å². The second-order valence-electron chi connectivity index (χ2n) is 5.83. The number of carbonyl (C=O) groups is 2. The molecule has 0 aliphatic rings. The minimum Gasteiger partial charge on any atom is -0.332 e. The first-order valence-electron chi connectivity index (χ1n) is 7.79. The first-order chi connectivity index (χ1) is 12.3. The lowest BCUT2D eigenvalue weighted by Gasteiger charge is -2.11. The van der Waals surface area contributed by atoms with E-state index in [0.717, 1.165) is 5.56 Å². The van der Waals surface area contributed by atoms with Gasteiger partial charge in [-0.2, -0.15) is 0 Å². The molecule has 2 aromatic carbocycles. The van der Waals surface area contributed by atoms with Crippen molar-refractivity contribution in [3.63, 3.8) is 0 Å². The number of anilines is 2. The highest BCUT2D eigenvalue weighted by Crippen LogP contribution is 2.21. The summed E-state index contributed by atoms with van der Waals surface area (Å²) in [5, 5.41) is 5.91.